The van der Waals surface area contributed by atoms with E-state index in [4.69, 9.17) is 4.74 Å². The Bertz CT molecular complexity index is 536. The summed E-state index contributed by atoms with van der Waals surface area (Å²) in [6, 6.07) is -0.933. The minimum absolute atomic E-state index is 0.0138. The fourth-order valence-electron chi connectivity index (χ4n) is 1.90. The van der Waals surface area contributed by atoms with Gasteiger partial charge in [0.25, 0.3) is 5.92 Å². The first kappa shape index (κ1) is 15.8. The Hall–Kier alpha value is -1.61. The zero-order valence-corrected chi connectivity index (χ0v) is 12.1. The molecule has 2 heterocycles. The third kappa shape index (κ3) is 4.43. The van der Waals surface area contributed by atoms with Crippen LogP contribution in [0.5, 0.6) is 0 Å². The molecular formula is C12H15F2N3O3S. The van der Waals surface area contributed by atoms with Crippen molar-refractivity contribution < 1.29 is 23.1 Å². The molecular weight excluding hydrogens is 304 g/mol. The number of hydrogen-bond acceptors (Lipinski definition) is 6. The summed E-state index contributed by atoms with van der Waals surface area (Å²) in [5.41, 5.74) is 0.471. The topological polar surface area (TPSA) is 80.3 Å². The SMILES string of the molecule is CCOC(=O)Cc1csc(NC(=O)C2CC(F)(F)CN2)n1. The highest BCUT2D eigenvalue weighted by Gasteiger charge is 2.42. The van der Waals surface area contributed by atoms with E-state index in [0.29, 0.717) is 5.69 Å². The van der Waals surface area contributed by atoms with E-state index in [1.54, 1.807) is 12.3 Å². The van der Waals surface area contributed by atoms with Crippen molar-refractivity contribution in [2.75, 3.05) is 18.5 Å². The summed E-state index contributed by atoms with van der Waals surface area (Å²) < 4.78 is 30.8. The predicted molar refractivity (Wildman–Crippen MR) is 72.4 cm³/mol. The van der Waals surface area contributed by atoms with Gasteiger partial charge >= 0.3 is 5.97 Å². The molecule has 1 aromatic heterocycles. The maximum absolute atomic E-state index is 13.0. The Morgan fingerprint density at radius 3 is 3.00 bits per heavy atom. The maximum atomic E-state index is 13.0. The van der Waals surface area contributed by atoms with Crippen LogP contribution >= 0.6 is 11.3 Å². The van der Waals surface area contributed by atoms with Gasteiger partial charge in [-0.2, -0.15) is 0 Å². The largest absolute Gasteiger partial charge is 0.466 e. The Labute approximate surface area is 123 Å². The summed E-state index contributed by atoms with van der Waals surface area (Å²) in [6.07, 6.45) is -0.514. The van der Waals surface area contributed by atoms with Crippen LogP contribution in [0.3, 0.4) is 0 Å². The molecule has 1 amide bonds. The van der Waals surface area contributed by atoms with Gasteiger partial charge in [0.05, 0.1) is 31.3 Å². The Balaban J connectivity index is 1.88. The van der Waals surface area contributed by atoms with Crippen LogP contribution in [0.4, 0.5) is 13.9 Å². The number of anilines is 1. The Morgan fingerprint density at radius 1 is 1.62 bits per heavy atom. The minimum Gasteiger partial charge on any atom is -0.466 e. The smallest absolute Gasteiger partial charge is 0.311 e. The number of carbonyl (C=O) groups excluding carboxylic acids is 2. The Morgan fingerprint density at radius 2 is 2.38 bits per heavy atom. The molecule has 1 aliphatic rings. The van der Waals surface area contributed by atoms with Gasteiger partial charge in [0.15, 0.2) is 5.13 Å². The van der Waals surface area contributed by atoms with Gasteiger partial charge in [-0.25, -0.2) is 13.8 Å². The van der Waals surface area contributed by atoms with Gasteiger partial charge in [0, 0.05) is 11.8 Å². The number of alkyl halides is 2. The number of nitrogens with zero attached hydrogens (tertiary/aromatic N) is 1. The van der Waals surface area contributed by atoms with Crippen molar-refractivity contribution >= 4 is 28.3 Å². The number of aromatic nitrogens is 1. The summed E-state index contributed by atoms with van der Waals surface area (Å²) in [6.45, 7) is 1.49. The summed E-state index contributed by atoms with van der Waals surface area (Å²) in [7, 11) is 0. The number of thiazole rings is 1. The molecule has 0 aliphatic carbocycles. The molecule has 1 unspecified atom stereocenters. The molecule has 1 aliphatic heterocycles. The summed E-state index contributed by atoms with van der Waals surface area (Å²) >= 11 is 1.13. The second kappa shape index (κ2) is 6.44. The van der Waals surface area contributed by atoms with Crippen LogP contribution in [0.15, 0.2) is 5.38 Å². The number of hydrogen-bond donors (Lipinski definition) is 2. The molecule has 2 rings (SSSR count). The van der Waals surface area contributed by atoms with Crippen LogP contribution in [0.1, 0.15) is 19.0 Å². The van der Waals surface area contributed by atoms with Gasteiger partial charge in [-0.15, -0.1) is 11.3 Å². The lowest BCUT2D eigenvalue weighted by Crippen LogP contribution is -2.35. The number of carbonyl (C=O) groups is 2. The first-order valence-corrected chi connectivity index (χ1v) is 7.29. The third-order valence-corrected chi connectivity index (χ3v) is 3.65. The molecule has 1 fully saturated rings. The molecule has 21 heavy (non-hydrogen) atoms. The number of nitrogens with one attached hydrogen (secondary N) is 2. The van der Waals surface area contributed by atoms with Crippen molar-refractivity contribution in [2.24, 2.45) is 0 Å². The molecule has 2 N–H and O–H groups in total. The molecule has 0 spiro atoms. The highest BCUT2D eigenvalue weighted by Crippen LogP contribution is 2.26. The molecule has 0 radical (unpaired) electrons. The second-order valence-corrected chi connectivity index (χ2v) is 5.47. The number of esters is 1. The molecule has 9 heteroatoms. The van der Waals surface area contributed by atoms with E-state index in [1.807, 2.05) is 0 Å². The van der Waals surface area contributed by atoms with Gasteiger partial charge in [-0.1, -0.05) is 0 Å². The number of halogens is 2. The van der Waals surface area contributed by atoms with Crippen LogP contribution in [0, 0.1) is 0 Å². The summed E-state index contributed by atoms with van der Waals surface area (Å²) in [5.74, 6) is -3.82. The van der Waals surface area contributed by atoms with E-state index in [9.17, 15) is 18.4 Å². The molecule has 1 atom stereocenters. The van der Waals surface area contributed by atoms with Crippen LogP contribution in [0.2, 0.25) is 0 Å². The quantitative estimate of drug-likeness (QED) is 0.797. The number of rotatable bonds is 5. The van der Waals surface area contributed by atoms with Crippen molar-refractivity contribution in [3.05, 3.63) is 11.1 Å². The Kier molecular flexibility index (Phi) is 4.84. The highest BCUT2D eigenvalue weighted by atomic mass is 32.1. The van der Waals surface area contributed by atoms with Crippen molar-refractivity contribution in [3.8, 4) is 0 Å². The number of ether oxygens (including phenoxy) is 1. The maximum Gasteiger partial charge on any atom is 0.311 e. The molecule has 6 nitrogen and oxygen atoms in total. The highest BCUT2D eigenvalue weighted by molar-refractivity contribution is 7.13. The molecule has 1 saturated heterocycles. The van der Waals surface area contributed by atoms with E-state index in [1.165, 1.54) is 0 Å². The fraction of sp³-hybridized carbons (Fsp3) is 0.583. The lowest BCUT2D eigenvalue weighted by atomic mass is 10.2. The first-order valence-electron chi connectivity index (χ1n) is 6.42. The van der Waals surface area contributed by atoms with Crippen molar-refractivity contribution in [3.63, 3.8) is 0 Å². The molecule has 116 valence electrons. The predicted octanol–water partition coefficient (Wildman–Crippen LogP) is 1.18. The van der Waals surface area contributed by atoms with Crippen LogP contribution in [-0.4, -0.2) is 42.0 Å². The molecule has 0 saturated carbocycles. The van der Waals surface area contributed by atoms with Crippen molar-refractivity contribution in [2.45, 2.75) is 31.7 Å². The molecule has 1 aromatic rings. The van der Waals surface area contributed by atoms with Gasteiger partial charge in [0.1, 0.15) is 0 Å². The monoisotopic (exact) mass is 319 g/mol. The summed E-state index contributed by atoms with van der Waals surface area (Å²) in [5, 5.41) is 6.82. The van der Waals surface area contributed by atoms with Gasteiger partial charge in [0.2, 0.25) is 5.91 Å². The molecule has 0 bridgehead atoms. The lowest BCUT2D eigenvalue weighted by Gasteiger charge is -2.09. The van der Waals surface area contributed by atoms with E-state index in [-0.39, 0.29) is 18.2 Å². The van der Waals surface area contributed by atoms with Gasteiger partial charge < -0.3 is 10.1 Å². The van der Waals surface area contributed by atoms with Crippen LogP contribution in [0.25, 0.3) is 0 Å². The van der Waals surface area contributed by atoms with Crippen molar-refractivity contribution in [1.82, 2.24) is 10.3 Å². The zero-order chi connectivity index (χ0) is 15.5. The van der Waals surface area contributed by atoms with Crippen LogP contribution in [-0.2, 0) is 20.7 Å². The normalized spacial score (nSPS) is 20.2. The first-order chi connectivity index (χ1) is 9.89. The van der Waals surface area contributed by atoms with Crippen molar-refractivity contribution in [1.29, 1.82) is 0 Å². The van der Waals surface area contributed by atoms with Gasteiger partial charge in [-0.3, -0.25) is 14.9 Å². The standard InChI is InChI=1S/C12H15F2N3O3S/c1-2-20-9(18)3-7-5-21-11(16-7)17-10(19)8-4-12(13,14)6-15-8/h5,8,15H,2-4,6H2,1H3,(H,16,17,19). The van der Waals surface area contributed by atoms with E-state index in [0.717, 1.165) is 11.3 Å². The number of amides is 1. The second-order valence-electron chi connectivity index (χ2n) is 4.61. The molecule has 0 aromatic carbocycles. The van der Waals surface area contributed by atoms with E-state index >= 15 is 0 Å². The summed E-state index contributed by atoms with van der Waals surface area (Å²) in [4.78, 5) is 27.1. The minimum atomic E-state index is -2.86. The van der Waals surface area contributed by atoms with Crippen LogP contribution < -0.4 is 10.6 Å². The lowest BCUT2D eigenvalue weighted by molar-refractivity contribution is -0.142. The fourth-order valence-corrected chi connectivity index (χ4v) is 2.61. The average Bonchev–Trinajstić information content (AvgIpc) is 2.96. The average molecular weight is 319 g/mol. The zero-order valence-electron chi connectivity index (χ0n) is 11.3. The van der Waals surface area contributed by atoms with E-state index in [2.05, 4.69) is 15.6 Å². The third-order valence-electron chi connectivity index (χ3n) is 2.84. The van der Waals surface area contributed by atoms with E-state index < -0.39 is 36.8 Å². The van der Waals surface area contributed by atoms with Gasteiger partial charge in [-0.05, 0) is 6.92 Å².